The van der Waals surface area contributed by atoms with Crippen LogP contribution >= 0.6 is 11.3 Å². The van der Waals surface area contributed by atoms with Crippen molar-refractivity contribution in [3.05, 3.63) is 39.8 Å². The first-order valence-corrected chi connectivity index (χ1v) is 7.16. The van der Waals surface area contributed by atoms with Crippen molar-refractivity contribution in [3.8, 4) is 11.5 Å². The van der Waals surface area contributed by atoms with Crippen molar-refractivity contribution < 1.29 is 9.47 Å². The number of fused-ring (bicyclic) bond motifs is 1. The number of nitrogens with two attached hydrogens (primary N) is 1. The summed E-state index contributed by atoms with van der Waals surface area (Å²) in [6, 6.07) is 5.82. The van der Waals surface area contributed by atoms with Gasteiger partial charge in [-0.2, -0.15) is 0 Å². The Morgan fingerprint density at radius 2 is 2.11 bits per heavy atom. The van der Waals surface area contributed by atoms with Gasteiger partial charge in [0.1, 0.15) is 13.2 Å². The van der Waals surface area contributed by atoms with Crippen LogP contribution < -0.4 is 15.2 Å². The van der Waals surface area contributed by atoms with Gasteiger partial charge in [-0.1, -0.05) is 6.07 Å². The van der Waals surface area contributed by atoms with Crippen molar-refractivity contribution in [2.45, 2.75) is 19.4 Å². The number of hydrogen-bond donors (Lipinski definition) is 1. The summed E-state index contributed by atoms with van der Waals surface area (Å²) in [4.78, 5) is 4.45. The summed E-state index contributed by atoms with van der Waals surface area (Å²) in [6.45, 7) is 3.21. The molecule has 0 fully saturated rings. The molecule has 19 heavy (non-hydrogen) atoms. The first kappa shape index (κ1) is 12.4. The molecule has 0 aliphatic carbocycles. The van der Waals surface area contributed by atoms with Gasteiger partial charge in [0.05, 0.1) is 10.7 Å². The molecule has 1 aliphatic rings. The fraction of sp³-hybridized carbons (Fsp3) is 0.357. The molecule has 3 rings (SSSR count). The van der Waals surface area contributed by atoms with Crippen molar-refractivity contribution in [2.24, 2.45) is 5.73 Å². The van der Waals surface area contributed by atoms with Gasteiger partial charge in [-0.15, -0.1) is 11.3 Å². The van der Waals surface area contributed by atoms with Gasteiger partial charge in [-0.25, -0.2) is 4.98 Å². The van der Waals surface area contributed by atoms with Crippen LogP contribution in [0.2, 0.25) is 0 Å². The van der Waals surface area contributed by atoms with E-state index < -0.39 is 0 Å². The average molecular weight is 276 g/mol. The number of aryl methyl sites for hydroxylation is 1. The zero-order valence-electron chi connectivity index (χ0n) is 10.8. The molecule has 4 nitrogen and oxygen atoms in total. The Morgan fingerprint density at radius 3 is 2.84 bits per heavy atom. The lowest BCUT2D eigenvalue weighted by molar-refractivity contribution is 0.171. The quantitative estimate of drug-likeness (QED) is 0.935. The summed E-state index contributed by atoms with van der Waals surface area (Å²) in [5.74, 6) is 1.58. The second kappa shape index (κ2) is 5.19. The van der Waals surface area contributed by atoms with Gasteiger partial charge in [0.25, 0.3) is 0 Å². The van der Waals surface area contributed by atoms with Crippen LogP contribution in [0, 0.1) is 6.92 Å². The van der Waals surface area contributed by atoms with Gasteiger partial charge < -0.3 is 15.2 Å². The third-order valence-electron chi connectivity index (χ3n) is 3.09. The van der Waals surface area contributed by atoms with E-state index in [4.69, 9.17) is 15.2 Å². The van der Waals surface area contributed by atoms with Gasteiger partial charge in [0.15, 0.2) is 11.5 Å². The van der Waals surface area contributed by atoms with Crippen LogP contribution in [0.5, 0.6) is 11.5 Å². The van der Waals surface area contributed by atoms with Gasteiger partial charge >= 0.3 is 0 Å². The van der Waals surface area contributed by atoms with Gasteiger partial charge in [0, 0.05) is 17.8 Å². The van der Waals surface area contributed by atoms with Crippen LogP contribution in [-0.2, 0) is 6.42 Å². The van der Waals surface area contributed by atoms with Crippen molar-refractivity contribution in [1.82, 2.24) is 4.98 Å². The van der Waals surface area contributed by atoms with Gasteiger partial charge in [-0.05, 0) is 24.6 Å². The molecule has 0 radical (unpaired) electrons. The minimum atomic E-state index is -0.0719. The van der Waals surface area contributed by atoms with Crippen molar-refractivity contribution >= 4 is 11.3 Å². The fourth-order valence-electron chi connectivity index (χ4n) is 2.14. The molecule has 100 valence electrons. The zero-order valence-corrected chi connectivity index (χ0v) is 11.6. The molecular formula is C14H16N2O2S. The maximum atomic E-state index is 6.24. The van der Waals surface area contributed by atoms with E-state index in [9.17, 15) is 0 Å². The summed E-state index contributed by atoms with van der Waals surface area (Å²) < 4.78 is 11.1. The van der Waals surface area contributed by atoms with Crippen LogP contribution in [-0.4, -0.2) is 18.2 Å². The highest BCUT2D eigenvalue weighted by atomic mass is 32.1. The third-order valence-corrected chi connectivity index (χ3v) is 3.91. The van der Waals surface area contributed by atoms with E-state index in [1.165, 1.54) is 0 Å². The molecule has 5 heteroatoms. The molecule has 0 bridgehead atoms. The highest BCUT2D eigenvalue weighted by molar-refractivity contribution is 7.09. The molecular weight excluding hydrogens is 260 g/mol. The number of nitrogens with zero attached hydrogens (tertiary/aromatic N) is 1. The summed E-state index contributed by atoms with van der Waals surface area (Å²) in [5, 5.41) is 3.14. The molecule has 2 aromatic rings. The largest absolute Gasteiger partial charge is 0.486 e. The molecule has 0 saturated carbocycles. The maximum absolute atomic E-state index is 6.24. The van der Waals surface area contributed by atoms with E-state index in [0.717, 1.165) is 34.2 Å². The van der Waals surface area contributed by atoms with Crippen molar-refractivity contribution in [1.29, 1.82) is 0 Å². The third kappa shape index (κ3) is 2.72. The van der Waals surface area contributed by atoms with Gasteiger partial charge in [-0.3, -0.25) is 0 Å². The van der Waals surface area contributed by atoms with Crippen LogP contribution in [0.4, 0.5) is 0 Å². The monoisotopic (exact) mass is 276 g/mol. The van der Waals surface area contributed by atoms with E-state index in [1.54, 1.807) is 11.3 Å². The minimum Gasteiger partial charge on any atom is -0.486 e. The minimum absolute atomic E-state index is 0.0719. The fourth-order valence-corrected chi connectivity index (χ4v) is 2.76. The summed E-state index contributed by atoms with van der Waals surface area (Å²) in [5.41, 5.74) is 8.33. The second-order valence-electron chi connectivity index (χ2n) is 4.57. The molecule has 2 heterocycles. The molecule has 1 aromatic heterocycles. The maximum Gasteiger partial charge on any atom is 0.161 e. The Hall–Kier alpha value is -1.59. The van der Waals surface area contributed by atoms with E-state index in [1.807, 2.05) is 25.1 Å². The topological polar surface area (TPSA) is 57.4 Å². The molecule has 0 saturated heterocycles. The Labute approximate surface area is 116 Å². The number of rotatable bonds is 3. The summed E-state index contributed by atoms with van der Waals surface area (Å²) >= 11 is 1.65. The predicted molar refractivity (Wildman–Crippen MR) is 74.9 cm³/mol. The molecule has 2 N–H and O–H groups in total. The highest BCUT2D eigenvalue weighted by Crippen LogP contribution is 2.32. The van der Waals surface area contributed by atoms with Crippen LogP contribution in [0.15, 0.2) is 23.6 Å². The van der Waals surface area contributed by atoms with Gasteiger partial charge in [0.2, 0.25) is 0 Å². The van der Waals surface area contributed by atoms with Crippen molar-refractivity contribution in [3.63, 3.8) is 0 Å². The van der Waals surface area contributed by atoms with Crippen molar-refractivity contribution in [2.75, 3.05) is 13.2 Å². The lowest BCUT2D eigenvalue weighted by Crippen LogP contribution is -2.17. The highest BCUT2D eigenvalue weighted by Gasteiger charge is 2.15. The first-order chi connectivity index (χ1) is 9.22. The SMILES string of the molecule is Cc1nc(CC(N)c2ccc3c(c2)OCCO3)cs1. The standard InChI is InChI=1S/C14H16N2O2S/c1-9-16-11(8-19-9)7-12(15)10-2-3-13-14(6-10)18-5-4-17-13/h2-3,6,8,12H,4-5,7,15H2,1H3. The Bertz CT molecular complexity index is 583. The average Bonchev–Trinajstić information content (AvgIpc) is 2.83. The normalized spacial score (nSPS) is 15.3. The Morgan fingerprint density at radius 1 is 1.32 bits per heavy atom. The molecule has 0 spiro atoms. The first-order valence-electron chi connectivity index (χ1n) is 6.28. The molecule has 1 aromatic carbocycles. The summed E-state index contributed by atoms with van der Waals surface area (Å²) in [6.07, 6.45) is 0.740. The van der Waals surface area contributed by atoms with E-state index >= 15 is 0 Å². The molecule has 1 atom stereocenters. The van der Waals surface area contributed by atoms with E-state index in [2.05, 4.69) is 10.4 Å². The molecule has 1 unspecified atom stereocenters. The number of hydrogen-bond acceptors (Lipinski definition) is 5. The summed E-state index contributed by atoms with van der Waals surface area (Å²) in [7, 11) is 0. The smallest absolute Gasteiger partial charge is 0.161 e. The predicted octanol–water partition coefficient (Wildman–Crippen LogP) is 2.47. The number of benzene rings is 1. The number of aromatic nitrogens is 1. The zero-order chi connectivity index (χ0) is 13.2. The van der Waals surface area contributed by atoms with Crippen LogP contribution in [0.1, 0.15) is 22.3 Å². The lowest BCUT2D eigenvalue weighted by atomic mass is 10.0. The molecule has 1 aliphatic heterocycles. The lowest BCUT2D eigenvalue weighted by Gasteiger charge is -2.20. The number of ether oxygens (including phenoxy) is 2. The van der Waals surface area contributed by atoms with E-state index in [0.29, 0.717) is 13.2 Å². The Kier molecular flexibility index (Phi) is 3.40. The second-order valence-corrected chi connectivity index (χ2v) is 5.63. The number of thiazole rings is 1. The van der Waals surface area contributed by atoms with E-state index in [-0.39, 0.29) is 6.04 Å². The molecule has 0 amide bonds. The van der Waals surface area contributed by atoms with Crippen LogP contribution in [0.3, 0.4) is 0 Å². The Balaban J connectivity index is 1.77. The van der Waals surface area contributed by atoms with Crippen LogP contribution in [0.25, 0.3) is 0 Å².